The highest BCUT2D eigenvalue weighted by Gasteiger charge is 2.25. The number of aromatic nitrogens is 8. The second-order valence-electron chi connectivity index (χ2n) is 31.0. The number of benzene rings is 8. The summed E-state index contributed by atoms with van der Waals surface area (Å²) < 4.78 is 0. The van der Waals surface area contributed by atoms with Gasteiger partial charge in [0.2, 0.25) is 0 Å². The third-order valence-corrected chi connectivity index (χ3v) is 21.9. The number of hydrogen-bond donors (Lipinski definition) is 5. The summed E-state index contributed by atoms with van der Waals surface area (Å²) in [7, 11) is 0. The molecule has 10 heterocycles. The van der Waals surface area contributed by atoms with Crippen molar-refractivity contribution in [1.29, 1.82) is 5.26 Å². The molecule has 0 amide bonds. The summed E-state index contributed by atoms with van der Waals surface area (Å²) in [4.78, 5) is 50.7. The molecule has 14 aromatic rings. The largest absolute Gasteiger partial charge is 0.477 e. The fourth-order valence-corrected chi connectivity index (χ4v) is 17.0. The average molecular weight is 1490 g/mol. The molecule has 554 valence electrons. The number of carboxylic acid groups (broad SMARTS) is 1. The molecule has 4 aliphatic heterocycles. The van der Waals surface area contributed by atoms with E-state index in [9.17, 15) is 15.2 Å². The molecule has 0 radical (unpaired) electrons. The maximum atomic E-state index is 12.0. The van der Waals surface area contributed by atoms with Gasteiger partial charge in [0, 0.05) is 88.7 Å². The van der Waals surface area contributed by atoms with Gasteiger partial charge >= 0.3 is 5.97 Å². The number of nitriles is 1. The zero-order valence-electron chi connectivity index (χ0n) is 65.6. The standard InChI is InChI=1S/C104H81N9O2/c1-58-11-20-70(21-12-58)95-80-29-30-81(106-80)96(71-22-13-59(2)14-23-71)83-32-34-86(108-83)98(73-26-18-69(19-27-73)55-79(57-105)104(114)115)87-36-35-85(109-87)97(84-33-31-82(95)107-84)72-24-15-68(16-25-72)17-28-74-56-94-101(77-51-64(7)45-65(8)52-77)92-40-39-90(111-92)99(75-47-60(3)43-61(4)48-75)88-37-38-89(110-88)100(76-49-62(5)44-63(6)50-76)91-41-42-93(112-91)102(103(74)113-94)78-53-66(9)46-67(10)54-78/h11-56,107-108,110,113H,1-10H3,(H,114,115)/b28-17+,79-55-,95-80?,95-82?,96-81?,96-83?,97-84?,97-85?,98-86?,98-87?,99-88?,99-90?,100-89?,100-91?,101-92?,101-94?,102-93?,103-102?. The molecule has 0 saturated heterocycles. The topological polar surface area (TPSA) is 176 Å². The quantitative estimate of drug-likeness (QED) is 0.0597. The molecule has 4 aliphatic rings. The average Bonchev–Trinajstić information content (AvgIpc) is 1.61. The second kappa shape index (κ2) is 29.2. The van der Waals surface area contributed by atoms with Gasteiger partial charge in [-0.25, -0.2) is 24.7 Å². The highest BCUT2D eigenvalue weighted by molar-refractivity contribution is 6.05. The van der Waals surface area contributed by atoms with E-state index in [4.69, 9.17) is 19.9 Å². The van der Waals surface area contributed by atoms with Gasteiger partial charge in [-0.1, -0.05) is 238 Å². The van der Waals surface area contributed by atoms with E-state index in [1.165, 1.54) is 17.2 Å². The molecule has 0 atom stereocenters. The van der Waals surface area contributed by atoms with Gasteiger partial charge in [0.25, 0.3) is 0 Å². The summed E-state index contributed by atoms with van der Waals surface area (Å²) in [6.45, 7) is 21.5. The summed E-state index contributed by atoms with van der Waals surface area (Å²) in [6, 6.07) is 77.6. The monoisotopic (exact) mass is 1490 g/mol. The number of H-pyrrole nitrogens is 4. The fourth-order valence-electron chi connectivity index (χ4n) is 17.0. The minimum atomic E-state index is -1.29. The molecule has 11 nitrogen and oxygen atoms in total. The predicted octanol–water partition coefficient (Wildman–Crippen LogP) is 26.2. The Morgan fingerprint density at radius 2 is 0.548 bits per heavy atom. The number of carbonyl (C=O) groups is 1. The van der Waals surface area contributed by atoms with E-state index in [0.29, 0.717) is 11.3 Å². The highest BCUT2D eigenvalue weighted by Crippen LogP contribution is 2.44. The lowest BCUT2D eigenvalue weighted by Gasteiger charge is -2.10. The van der Waals surface area contributed by atoms with Gasteiger partial charge in [-0.3, -0.25) is 0 Å². The maximum Gasteiger partial charge on any atom is 0.346 e. The van der Waals surface area contributed by atoms with Crippen molar-refractivity contribution in [2.24, 2.45) is 0 Å². The van der Waals surface area contributed by atoms with Crippen molar-refractivity contribution < 1.29 is 9.90 Å². The van der Waals surface area contributed by atoms with Crippen molar-refractivity contribution in [2.45, 2.75) is 69.2 Å². The van der Waals surface area contributed by atoms with Crippen LogP contribution in [-0.4, -0.2) is 50.9 Å². The van der Waals surface area contributed by atoms with Gasteiger partial charge in [0.15, 0.2) is 0 Å². The van der Waals surface area contributed by atoms with Crippen molar-refractivity contribution in [2.75, 3.05) is 0 Å². The first-order chi connectivity index (χ1) is 55.7. The van der Waals surface area contributed by atoms with Crippen LogP contribution < -0.4 is 0 Å². The van der Waals surface area contributed by atoms with Crippen LogP contribution in [0.3, 0.4) is 0 Å². The van der Waals surface area contributed by atoms with E-state index in [2.05, 4.69) is 338 Å². The summed E-state index contributed by atoms with van der Waals surface area (Å²) in [5, 5.41) is 19.6. The Morgan fingerprint density at radius 3 is 0.843 bits per heavy atom. The zero-order valence-corrected chi connectivity index (χ0v) is 65.6. The SMILES string of the molecule is Cc1ccc(-c2c3nc(c(-c4ccc(C)cc4)c4ccc([nH]4)c(-c4ccc(/C=C/c5cc6[nH]c5c(-c5cc(C)cc(C)c5)c5nc(c(-c7cc(C)cc(C)c7)c7ccc([nH]7)c(-c7cc(C)cc(C)c7)c7nc(c6-c6cc(C)cc(C)c6)C=C7)C=C5)cc4)c4nc(c(-c5ccc(/C=C(/C#N)C(=O)O)cc5)c5ccc2[nH]5)C=C4)C=C3)cc1. The van der Waals surface area contributed by atoms with Gasteiger partial charge in [-0.15, -0.1) is 0 Å². The fraction of sp³-hybridized carbons (Fsp3) is 0.0962. The number of fused-ring (bicyclic) bond motifs is 16. The molecule has 18 rings (SSSR count). The van der Waals surface area contributed by atoms with E-state index in [1.807, 2.05) is 30.3 Å². The number of hydrogen-bond acceptors (Lipinski definition) is 6. The summed E-state index contributed by atoms with van der Waals surface area (Å²) >= 11 is 0. The first kappa shape index (κ1) is 72.0. The van der Waals surface area contributed by atoms with Gasteiger partial charge in [0.05, 0.1) is 51.1 Å². The van der Waals surface area contributed by atoms with Crippen molar-refractivity contribution >= 4 is 117 Å². The smallest absolute Gasteiger partial charge is 0.346 e. The number of aliphatic carboxylic acids is 1. The maximum absolute atomic E-state index is 12.0. The molecule has 16 bridgehead atoms. The number of nitrogens with one attached hydrogen (secondary N) is 4. The number of rotatable bonds is 12. The van der Waals surface area contributed by atoms with Crippen LogP contribution in [0.15, 0.2) is 218 Å². The lowest BCUT2D eigenvalue weighted by atomic mass is 9.97. The van der Waals surface area contributed by atoms with Crippen LogP contribution in [0.5, 0.6) is 0 Å². The Morgan fingerprint density at radius 1 is 0.287 bits per heavy atom. The first-order valence-corrected chi connectivity index (χ1v) is 38.8. The molecule has 0 saturated carbocycles. The molecule has 0 unspecified atom stereocenters. The molecule has 6 aromatic heterocycles. The number of aromatic amines is 4. The molecule has 5 N–H and O–H groups in total. The van der Waals surface area contributed by atoms with Gasteiger partial charge in [-0.2, -0.15) is 5.26 Å². The number of carboxylic acids is 1. The van der Waals surface area contributed by atoms with Crippen molar-refractivity contribution in [1.82, 2.24) is 39.9 Å². The Hall–Kier alpha value is -14.6. The van der Waals surface area contributed by atoms with Crippen LogP contribution in [0.25, 0.3) is 200 Å². The van der Waals surface area contributed by atoms with Gasteiger partial charge in [0.1, 0.15) is 11.6 Å². The number of aryl methyl sites for hydroxylation is 10. The summed E-state index contributed by atoms with van der Waals surface area (Å²) in [5.74, 6) is -1.29. The van der Waals surface area contributed by atoms with Crippen molar-refractivity contribution in [3.63, 3.8) is 0 Å². The zero-order chi connectivity index (χ0) is 79.0. The van der Waals surface area contributed by atoms with E-state index in [-0.39, 0.29) is 5.57 Å². The molecule has 115 heavy (non-hydrogen) atoms. The molecule has 11 heteroatoms. The minimum Gasteiger partial charge on any atom is -0.477 e. The summed E-state index contributed by atoms with van der Waals surface area (Å²) in [6.07, 6.45) is 23.0. The summed E-state index contributed by atoms with van der Waals surface area (Å²) in [5.41, 5.74) is 42.8. The van der Waals surface area contributed by atoms with Crippen LogP contribution >= 0.6 is 0 Å². The van der Waals surface area contributed by atoms with Crippen LogP contribution in [0.4, 0.5) is 0 Å². The van der Waals surface area contributed by atoms with Gasteiger partial charge in [-0.05, 0) is 222 Å². The normalized spacial score (nSPS) is 12.4. The van der Waals surface area contributed by atoms with Crippen LogP contribution in [-0.2, 0) is 4.79 Å². The van der Waals surface area contributed by atoms with Crippen molar-refractivity contribution in [3.05, 3.63) is 336 Å². The Bertz CT molecular complexity index is 6990. The molecular weight excluding hydrogens is 1410 g/mol. The number of nitrogens with zero attached hydrogens (tertiary/aromatic N) is 5. The van der Waals surface area contributed by atoms with E-state index < -0.39 is 5.97 Å². The highest BCUT2D eigenvalue weighted by atomic mass is 16.4. The van der Waals surface area contributed by atoms with Crippen molar-refractivity contribution in [3.8, 4) is 95.1 Å². The molecule has 0 spiro atoms. The minimum absolute atomic E-state index is 0.358. The van der Waals surface area contributed by atoms with E-state index in [1.54, 1.807) is 0 Å². The lowest BCUT2D eigenvalue weighted by Crippen LogP contribution is -1.97. The third-order valence-electron chi connectivity index (χ3n) is 21.9. The molecule has 8 aromatic carbocycles. The predicted molar refractivity (Wildman–Crippen MR) is 479 cm³/mol. The molecule has 0 aliphatic carbocycles. The van der Waals surface area contributed by atoms with E-state index >= 15 is 0 Å². The molecular formula is C104H81N9O2. The van der Waals surface area contributed by atoms with Crippen LogP contribution in [0.2, 0.25) is 0 Å². The first-order valence-electron chi connectivity index (χ1n) is 38.8. The second-order valence-corrected chi connectivity index (χ2v) is 31.0. The molecule has 0 fully saturated rings. The van der Waals surface area contributed by atoms with Crippen LogP contribution in [0, 0.1) is 80.6 Å². The Kier molecular flexibility index (Phi) is 18.3. The Labute approximate surface area is 668 Å². The Balaban J connectivity index is 0.877. The van der Waals surface area contributed by atoms with Gasteiger partial charge < -0.3 is 25.0 Å². The third kappa shape index (κ3) is 14.0. The van der Waals surface area contributed by atoms with E-state index in [0.717, 1.165) is 229 Å². The van der Waals surface area contributed by atoms with Crippen LogP contribution in [0.1, 0.15) is 118 Å². The lowest BCUT2D eigenvalue weighted by molar-refractivity contribution is -0.132.